The van der Waals surface area contributed by atoms with E-state index in [1.165, 1.54) is 10.5 Å². The maximum Gasteiger partial charge on any atom is 0.316 e. The molecule has 3 aromatic rings. The van der Waals surface area contributed by atoms with E-state index in [0.717, 1.165) is 28.1 Å². The number of para-hydroxylation sites is 1. The molecule has 1 aromatic heterocycles. The van der Waals surface area contributed by atoms with Crippen molar-refractivity contribution in [2.75, 3.05) is 37.7 Å². The lowest BCUT2D eigenvalue weighted by molar-refractivity contribution is 0.110. The lowest BCUT2D eigenvalue weighted by Crippen LogP contribution is -2.51. The van der Waals surface area contributed by atoms with Crippen LogP contribution in [0.2, 0.25) is 0 Å². The van der Waals surface area contributed by atoms with Crippen LogP contribution in [0.5, 0.6) is 11.5 Å². The fourth-order valence-corrected chi connectivity index (χ4v) is 5.90. The van der Waals surface area contributed by atoms with E-state index in [1.54, 1.807) is 13.8 Å². The van der Waals surface area contributed by atoms with Crippen LogP contribution in [0.1, 0.15) is 19.4 Å². The van der Waals surface area contributed by atoms with Crippen molar-refractivity contribution in [3.05, 3.63) is 76.2 Å². The van der Waals surface area contributed by atoms with Gasteiger partial charge in [-0.05, 0) is 37.6 Å². The molecule has 2 aliphatic rings. The van der Waals surface area contributed by atoms with E-state index in [2.05, 4.69) is 5.10 Å². The molecule has 5 rings (SSSR count). The van der Waals surface area contributed by atoms with E-state index < -0.39 is 38.6 Å². The largest absolute Gasteiger partial charge is 0.489 e. The van der Waals surface area contributed by atoms with Crippen molar-refractivity contribution in [3.63, 3.8) is 0 Å². The van der Waals surface area contributed by atoms with Crippen molar-refractivity contribution in [3.8, 4) is 17.2 Å². The number of ether oxygens (including phenoxy) is 2. The average Bonchev–Trinajstić information content (AvgIpc) is 2.89. The first-order valence-corrected chi connectivity index (χ1v) is 13.8. The number of hydrogen-bond acceptors (Lipinski definition) is 7. The zero-order valence-corrected chi connectivity index (χ0v) is 21.8. The number of rotatable bonds is 6. The third kappa shape index (κ3) is 5.10. The fraction of sp³-hybridized carbons (Fsp3) is 0.385. The molecule has 1 fully saturated rings. The highest BCUT2D eigenvalue weighted by Crippen LogP contribution is 2.30. The van der Waals surface area contributed by atoms with Crippen molar-refractivity contribution < 1.29 is 26.7 Å². The van der Waals surface area contributed by atoms with Gasteiger partial charge < -0.3 is 14.4 Å². The van der Waals surface area contributed by atoms with Crippen LogP contribution in [0.4, 0.5) is 14.5 Å². The second kappa shape index (κ2) is 10.3. The summed E-state index contributed by atoms with van der Waals surface area (Å²) in [6, 6.07) is 10.3. The summed E-state index contributed by atoms with van der Waals surface area (Å²) in [6.07, 6.45) is 1.40. The van der Waals surface area contributed by atoms with Crippen LogP contribution in [0, 0.1) is 11.6 Å². The van der Waals surface area contributed by atoms with Gasteiger partial charge in [-0.2, -0.15) is 14.1 Å². The number of aromatic nitrogens is 2. The molecule has 202 valence electrons. The monoisotopic (exact) mass is 546 g/mol. The number of hydrogen-bond donors (Lipinski definition) is 0. The summed E-state index contributed by atoms with van der Waals surface area (Å²) in [5.41, 5.74) is 0.536. The minimum Gasteiger partial charge on any atom is -0.489 e. The molecule has 0 radical (unpaired) electrons. The highest BCUT2D eigenvalue weighted by Gasteiger charge is 2.32. The Morgan fingerprint density at radius 2 is 1.74 bits per heavy atom. The van der Waals surface area contributed by atoms with Crippen LogP contribution in [0.25, 0.3) is 5.69 Å². The Morgan fingerprint density at radius 3 is 2.42 bits per heavy atom. The molecular formula is C26H28F2N4O5S. The summed E-state index contributed by atoms with van der Waals surface area (Å²) in [5.74, 6) is -0.990. The second-order valence-corrected chi connectivity index (χ2v) is 12.0. The first-order valence-electron chi connectivity index (χ1n) is 12.3. The number of halogens is 2. The van der Waals surface area contributed by atoms with Crippen LogP contribution >= 0.6 is 0 Å². The summed E-state index contributed by atoms with van der Waals surface area (Å²) in [7, 11) is -3.42. The standard InChI is InChI=1S/C26H28F2N4O5S/c1-17(2)38(34,35)31-9-7-30(8-10-31)23-15-29-32(21-13-19(27)12-20(28)14-21)26(33)25(23)37-22-11-18-5-3-4-6-24(18)36-16-22/h3-6,12-15,17,22H,7-11,16H2,1-2H3. The topological polar surface area (TPSA) is 94.0 Å². The molecule has 0 N–H and O–H groups in total. The SMILES string of the molecule is CC(C)S(=O)(=O)N1CCN(c2cnn(-c3cc(F)cc(F)c3)c(=O)c2OC2COc3ccccc3C2)CC1. The third-order valence-electron chi connectivity index (χ3n) is 6.67. The Labute approximate surface area is 219 Å². The number of benzene rings is 2. The predicted octanol–water partition coefficient (Wildman–Crippen LogP) is 2.75. The fourth-order valence-electron chi connectivity index (χ4n) is 4.63. The molecule has 12 heteroatoms. The first kappa shape index (κ1) is 26.1. The average molecular weight is 547 g/mol. The van der Waals surface area contributed by atoms with E-state index in [0.29, 0.717) is 31.3 Å². The highest BCUT2D eigenvalue weighted by molar-refractivity contribution is 7.89. The number of anilines is 1. The Balaban J connectivity index is 1.49. The highest BCUT2D eigenvalue weighted by atomic mass is 32.2. The summed E-state index contributed by atoms with van der Waals surface area (Å²) >= 11 is 0. The molecule has 2 aromatic carbocycles. The van der Waals surface area contributed by atoms with Crippen LogP contribution in [-0.4, -0.2) is 66.6 Å². The van der Waals surface area contributed by atoms with E-state index >= 15 is 0 Å². The van der Waals surface area contributed by atoms with Crippen molar-refractivity contribution in [1.29, 1.82) is 0 Å². The third-order valence-corrected chi connectivity index (χ3v) is 8.95. The summed E-state index contributed by atoms with van der Waals surface area (Å²) in [6.45, 7) is 4.56. The van der Waals surface area contributed by atoms with E-state index in [4.69, 9.17) is 9.47 Å². The number of piperazine rings is 1. The van der Waals surface area contributed by atoms with E-state index in [-0.39, 0.29) is 31.1 Å². The van der Waals surface area contributed by atoms with Gasteiger partial charge >= 0.3 is 5.56 Å². The maximum atomic E-state index is 13.9. The Kier molecular flexibility index (Phi) is 7.10. The quantitative estimate of drug-likeness (QED) is 0.469. The van der Waals surface area contributed by atoms with Gasteiger partial charge in [0.15, 0.2) is 0 Å². The minimum absolute atomic E-state index is 0.0437. The van der Waals surface area contributed by atoms with Crippen LogP contribution < -0.4 is 19.9 Å². The molecule has 0 aliphatic carbocycles. The van der Waals surface area contributed by atoms with Gasteiger partial charge in [-0.25, -0.2) is 17.2 Å². The number of sulfonamides is 1. The first-order chi connectivity index (χ1) is 18.1. The zero-order chi connectivity index (χ0) is 27.0. The van der Waals surface area contributed by atoms with Gasteiger partial charge in [0.1, 0.15) is 35.8 Å². The molecule has 0 amide bonds. The molecule has 0 saturated carbocycles. The van der Waals surface area contributed by atoms with Crippen molar-refractivity contribution in [2.45, 2.75) is 31.6 Å². The van der Waals surface area contributed by atoms with Gasteiger partial charge in [0.25, 0.3) is 0 Å². The van der Waals surface area contributed by atoms with E-state index in [9.17, 15) is 22.0 Å². The van der Waals surface area contributed by atoms with Crippen LogP contribution in [0.15, 0.2) is 53.5 Å². The predicted molar refractivity (Wildman–Crippen MR) is 138 cm³/mol. The maximum absolute atomic E-state index is 13.9. The molecule has 0 bridgehead atoms. The molecule has 2 aliphatic heterocycles. The molecule has 9 nitrogen and oxygen atoms in total. The second-order valence-electron chi connectivity index (χ2n) is 9.55. The van der Waals surface area contributed by atoms with Gasteiger partial charge in [-0.15, -0.1) is 0 Å². The lowest BCUT2D eigenvalue weighted by Gasteiger charge is -2.37. The molecule has 1 saturated heterocycles. The van der Waals surface area contributed by atoms with Gasteiger partial charge in [-0.3, -0.25) is 4.79 Å². The van der Waals surface area contributed by atoms with Gasteiger partial charge in [-0.1, -0.05) is 18.2 Å². The van der Waals surface area contributed by atoms with E-state index in [1.807, 2.05) is 29.2 Å². The molecule has 1 atom stereocenters. The molecule has 1 unspecified atom stereocenters. The summed E-state index contributed by atoms with van der Waals surface area (Å²) in [4.78, 5) is 15.5. The Hall–Kier alpha value is -3.51. The van der Waals surface area contributed by atoms with Crippen LogP contribution in [0.3, 0.4) is 0 Å². The summed E-state index contributed by atoms with van der Waals surface area (Å²) in [5, 5.41) is 3.64. The van der Waals surface area contributed by atoms with Crippen molar-refractivity contribution in [1.82, 2.24) is 14.1 Å². The van der Waals surface area contributed by atoms with Crippen molar-refractivity contribution >= 4 is 15.7 Å². The minimum atomic E-state index is -3.42. The molecular weight excluding hydrogens is 518 g/mol. The normalized spacial score (nSPS) is 18.2. The Morgan fingerprint density at radius 1 is 1.05 bits per heavy atom. The number of nitrogens with zero attached hydrogens (tertiary/aromatic N) is 4. The lowest BCUT2D eigenvalue weighted by atomic mass is 10.0. The van der Waals surface area contributed by atoms with Gasteiger partial charge in [0.05, 0.1) is 17.1 Å². The van der Waals surface area contributed by atoms with Gasteiger partial charge in [0, 0.05) is 38.7 Å². The molecule has 0 spiro atoms. The summed E-state index contributed by atoms with van der Waals surface area (Å²) < 4.78 is 67.4. The van der Waals surface area contributed by atoms with Crippen LogP contribution in [-0.2, 0) is 16.4 Å². The molecule has 3 heterocycles. The Bertz CT molecular complexity index is 1480. The smallest absolute Gasteiger partial charge is 0.316 e. The number of fused-ring (bicyclic) bond motifs is 1. The van der Waals surface area contributed by atoms with Gasteiger partial charge in [0.2, 0.25) is 15.8 Å². The van der Waals surface area contributed by atoms with Crippen molar-refractivity contribution in [2.24, 2.45) is 0 Å². The zero-order valence-electron chi connectivity index (χ0n) is 21.0. The molecule has 38 heavy (non-hydrogen) atoms.